The topological polar surface area (TPSA) is 89.6 Å². The molecule has 8 heteroatoms. The summed E-state index contributed by atoms with van der Waals surface area (Å²) in [5, 5.41) is 8.01. The quantitative estimate of drug-likeness (QED) is 0.534. The van der Waals surface area contributed by atoms with Gasteiger partial charge >= 0.3 is 0 Å². The Morgan fingerprint density at radius 3 is 2.50 bits per heavy atom. The van der Waals surface area contributed by atoms with Crippen LogP contribution in [0.2, 0.25) is 0 Å². The predicted molar refractivity (Wildman–Crippen MR) is 119 cm³/mol. The number of hydrogen-bond donors (Lipinski definition) is 1. The van der Waals surface area contributed by atoms with Gasteiger partial charge in [-0.05, 0) is 37.3 Å². The van der Waals surface area contributed by atoms with Gasteiger partial charge in [0.2, 0.25) is 5.76 Å². The maximum Gasteiger partial charge on any atom is 0.291 e. The van der Waals surface area contributed by atoms with Crippen molar-refractivity contribution in [2.24, 2.45) is 0 Å². The minimum atomic E-state index is -0.412. The van der Waals surface area contributed by atoms with Crippen LogP contribution >= 0.6 is 0 Å². The lowest BCUT2D eigenvalue weighted by Crippen LogP contribution is -2.40. The number of morpholine rings is 1. The molecule has 3 heterocycles. The molecule has 4 aromatic rings. The standard InChI is InChI=1S/C24H22N4O4/c1-16-15-19(26-28(16)17-7-3-2-4-8-17)23(29)25-21-18-9-5-6-10-20(18)32-22(21)24(30)27-11-13-31-14-12-27/h2-10,15H,11-14H2,1H3,(H,25,29). The van der Waals surface area contributed by atoms with E-state index in [0.29, 0.717) is 43.0 Å². The zero-order chi connectivity index (χ0) is 22.1. The molecule has 8 nitrogen and oxygen atoms in total. The van der Waals surface area contributed by atoms with Crippen molar-refractivity contribution >= 4 is 28.5 Å². The number of anilines is 1. The maximum absolute atomic E-state index is 13.2. The van der Waals surface area contributed by atoms with E-state index in [9.17, 15) is 9.59 Å². The number of amides is 2. The monoisotopic (exact) mass is 430 g/mol. The highest BCUT2D eigenvalue weighted by Gasteiger charge is 2.28. The number of benzene rings is 2. The fraction of sp³-hybridized carbons (Fsp3) is 0.208. The molecule has 32 heavy (non-hydrogen) atoms. The number of carbonyl (C=O) groups excluding carboxylic acids is 2. The van der Waals surface area contributed by atoms with Crippen LogP contribution < -0.4 is 5.32 Å². The van der Waals surface area contributed by atoms with Crippen LogP contribution in [0, 0.1) is 6.92 Å². The average Bonchev–Trinajstić information content (AvgIpc) is 3.41. The van der Waals surface area contributed by atoms with Gasteiger partial charge < -0.3 is 19.4 Å². The Balaban J connectivity index is 1.49. The molecule has 0 radical (unpaired) electrons. The summed E-state index contributed by atoms with van der Waals surface area (Å²) in [7, 11) is 0. The van der Waals surface area contributed by atoms with Crippen molar-refractivity contribution in [1.82, 2.24) is 14.7 Å². The molecule has 1 N–H and O–H groups in total. The number of ether oxygens (including phenoxy) is 1. The van der Waals surface area contributed by atoms with Gasteiger partial charge in [-0.25, -0.2) is 4.68 Å². The number of aryl methyl sites for hydroxylation is 1. The Hall–Kier alpha value is -3.91. The van der Waals surface area contributed by atoms with Crippen LogP contribution in [0.15, 0.2) is 65.1 Å². The summed E-state index contributed by atoms with van der Waals surface area (Å²) in [6.07, 6.45) is 0. The van der Waals surface area contributed by atoms with Crippen LogP contribution in [0.1, 0.15) is 26.7 Å². The van der Waals surface area contributed by atoms with Gasteiger partial charge in [0.15, 0.2) is 5.69 Å². The molecule has 1 aliphatic heterocycles. The Bertz CT molecular complexity index is 1290. The van der Waals surface area contributed by atoms with E-state index in [0.717, 1.165) is 11.4 Å². The summed E-state index contributed by atoms with van der Waals surface area (Å²) >= 11 is 0. The average molecular weight is 430 g/mol. The molecule has 1 aliphatic rings. The summed E-state index contributed by atoms with van der Waals surface area (Å²) in [4.78, 5) is 28.0. The Kier molecular flexibility index (Phi) is 5.20. The lowest BCUT2D eigenvalue weighted by Gasteiger charge is -2.26. The minimum absolute atomic E-state index is 0.112. The second kappa shape index (κ2) is 8.32. The Labute approximate surface area is 184 Å². The van der Waals surface area contributed by atoms with Crippen molar-refractivity contribution in [1.29, 1.82) is 0 Å². The Morgan fingerprint density at radius 2 is 1.72 bits per heavy atom. The molecular weight excluding hydrogens is 408 g/mol. The summed E-state index contributed by atoms with van der Waals surface area (Å²) < 4.78 is 12.9. The van der Waals surface area contributed by atoms with Crippen LogP contribution in [-0.2, 0) is 4.74 Å². The highest BCUT2D eigenvalue weighted by Crippen LogP contribution is 2.32. The van der Waals surface area contributed by atoms with E-state index in [1.54, 1.807) is 21.7 Å². The summed E-state index contributed by atoms with van der Waals surface area (Å²) in [6, 6.07) is 18.6. The second-order valence-corrected chi connectivity index (χ2v) is 7.58. The summed E-state index contributed by atoms with van der Waals surface area (Å²) in [5.74, 6) is -0.572. The number of hydrogen-bond acceptors (Lipinski definition) is 5. The molecule has 5 rings (SSSR count). The van der Waals surface area contributed by atoms with E-state index in [-0.39, 0.29) is 17.4 Å². The number of rotatable bonds is 4. The third-order valence-corrected chi connectivity index (χ3v) is 5.45. The normalized spacial score (nSPS) is 14.0. The van der Waals surface area contributed by atoms with Gasteiger partial charge in [-0.3, -0.25) is 9.59 Å². The number of fused-ring (bicyclic) bond motifs is 1. The highest BCUT2D eigenvalue weighted by atomic mass is 16.5. The first kappa shape index (κ1) is 20.0. The summed E-state index contributed by atoms with van der Waals surface area (Å²) in [5.41, 5.74) is 2.82. The van der Waals surface area contributed by atoms with Gasteiger partial charge in [0, 0.05) is 24.2 Å². The highest BCUT2D eigenvalue weighted by molar-refractivity contribution is 6.13. The van der Waals surface area contributed by atoms with Crippen molar-refractivity contribution in [2.45, 2.75) is 6.92 Å². The minimum Gasteiger partial charge on any atom is -0.449 e. The van der Waals surface area contributed by atoms with Crippen molar-refractivity contribution in [2.75, 3.05) is 31.6 Å². The fourth-order valence-corrected chi connectivity index (χ4v) is 3.82. The zero-order valence-electron chi connectivity index (χ0n) is 17.6. The maximum atomic E-state index is 13.2. The molecule has 1 fully saturated rings. The molecule has 2 amide bonds. The van der Waals surface area contributed by atoms with E-state index in [2.05, 4.69) is 10.4 Å². The molecule has 0 unspecified atom stereocenters. The lowest BCUT2D eigenvalue weighted by molar-refractivity contribution is 0.0285. The predicted octanol–water partition coefficient (Wildman–Crippen LogP) is 3.65. The second-order valence-electron chi connectivity index (χ2n) is 7.58. The molecule has 0 saturated carbocycles. The number of nitrogens with zero attached hydrogens (tertiary/aromatic N) is 3. The van der Waals surface area contributed by atoms with Crippen molar-refractivity contribution in [3.63, 3.8) is 0 Å². The molecule has 0 aliphatic carbocycles. The molecule has 0 atom stereocenters. The molecule has 0 bridgehead atoms. The van der Waals surface area contributed by atoms with Gasteiger partial charge in [0.05, 0.1) is 18.9 Å². The van der Waals surface area contributed by atoms with E-state index in [1.165, 1.54) is 0 Å². The molecule has 2 aromatic heterocycles. The van der Waals surface area contributed by atoms with Crippen LogP contribution in [-0.4, -0.2) is 52.8 Å². The Morgan fingerprint density at radius 1 is 1.00 bits per heavy atom. The van der Waals surface area contributed by atoms with Gasteiger partial charge in [-0.15, -0.1) is 0 Å². The molecular formula is C24H22N4O4. The van der Waals surface area contributed by atoms with Gasteiger partial charge in [-0.2, -0.15) is 5.10 Å². The number of carbonyl (C=O) groups is 2. The van der Waals surface area contributed by atoms with Crippen LogP contribution in [0.4, 0.5) is 5.69 Å². The molecule has 2 aromatic carbocycles. The van der Waals surface area contributed by atoms with Crippen LogP contribution in [0.3, 0.4) is 0 Å². The van der Waals surface area contributed by atoms with Gasteiger partial charge in [0.25, 0.3) is 11.8 Å². The molecule has 162 valence electrons. The van der Waals surface area contributed by atoms with Crippen molar-refractivity contribution < 1.29 is 18.7 Å². The van der Waals surface area contributed by atoms with E-state index >= 15 is 0 Å². The van der Waals surface area contributed by atoms with Crippen molar-refractivity contribution in [3.8, 4) is 5.69 Å². The van der Waals surface area contributed by atoms with Crippen molar-refractivity contribution in [3.05, 3.63) is 77.8 Å². The van der Waals surface area contributed by atoms with Gasteiger partial charge in [0.1, 0.15) is 11.3 Å². The fourth-order valence-electron chi connectivity index (χ4n) is 3.82. The van der Waals surface area contributed by atoms with E-state index < -0.39 is 5.91 Å². The first-order chi connectivity index (χ1) is 15.6. The van der Waals surface area contributed by atoms with E-state index in [4.69, 9.17) is 9.15 Å². The largest absolute Gasteiger partial charge is 0.449 e. The third-order valence-electron chi connectivity index (χ3n) is 5.45. The molecule has 0 spiro atoms. The van der Waals surface area contributed by atoms with Gasteiger partial charge in [-0.1, -0.05) is 30.3 Å². The lowest BCUT2D eigenvalue weighted by atomic mass is 10.2. The number of aromatic nitrogens is 2. The smallest absolute Gasteiger partial charge is 0.291 e. The molecule has 1 saturated heterocycles. The number of furan rings is 1. The first-order valence-corrected chi connectivity index (χ1v) is 10.4. The third kappa shape index (κ3) is 3.65. The number of nitrogens with one attached hydrogen (secondary N) is 1. The van der Waals surface area contributed by atoms with Crippen LogP contribution in [0.5, 0.6) is 0 Å². The zero-order valence-corrected chi connectivity index (χ0v) is 17.6. The van der Waals surface area contributed by atoms with Crippen LogP contribution in [0.25, 0.3) is 16.7 Å². The summed E-state index contributed by atoms with van der Waals surface area (Å²) in [6.45, 7) is 3.79. The SMILES string of the molecule is Cc1cc(C(=O)Nc2c(C(=O)N3CCOCC3)oc3ccccc23)nn1-c1ccccc1. The first-order valence-electron chi connectivity index (χ1n) is 10.4. The number of para-hydroxylation sites is 2. The van der Waals surface area contributed by atoms with E-state index in [1.807, 2.05) is 55.5 Å².